The lowest BCUT2D eigenvalue weighted by atomic mass is 10.2. The molecule has 0 unspecified atom stereocenters. The van der Waals surface area contributed by atoms with Crippen LogP contribution in [0.15, 0.2) is 33.9 Å². The normalized spacial score (nSPS) is 14.4. The van der Waals surface area contributed by atoms with Gasteiger partial charge in [-0.15, -0.1) is 0 Å². The van der Waals surface area contributed by atoms with Gasteiger partial charge in [-0.3, -0.25) is 23.6 Å². The Balaban J connectivity index is 1.59. The maximum absolute atomic E-state index is 13.7. The van der Waals surface area contributed by atoms with E-state index in [1.165, 1.54) is 29.8 Å². The molecule has 2 aromatic rings. The smallest absolute Gasteiger partial charge is 0.332 e. The van der Waals surface area contributed by atoms with Crippen molar-refractivity contribution < 1.29 is 9.18 Å². The Labute approximate surface area is 172 Å². The summed E-state index contributed by atoms with van der Waals surface area (Å²) in [5.74, 6) is -0.685. The van der Waals surface area contributed by atoms with Crippen molar-refractivity contribution >= 4 is 11.7 Å². The van der Waals surface area contributed by atoms with Crippen LogP contribution < -0.4 is 21.5 Å². The van der Waals surface area contributed by atoms with Crippen LogP contribution in [0.2, 0.25) is 0 Å². The van der Waals surface area contributed by atoms with Gasteiger partial charge in [0.05, 0.1) is 5.56 Å². The molecule has 2 heterocycles. The number of anilines is 1. The Bertz CT molecular complexity index is 1110. The molecule has 3 rings (SSSR count). The number of halogens is 1. The van der Waals surface area contributed by atoms with Gasteiger partial charge in [0.1, 0.15) is 17.7 Å². The minimum absolute atomic E-state index is 0.0120. The molecule has 1 N–H and O–H groups in total. The molecule has 0 aliphatic carbocycles. The Morgan fingerprint density at radius 1 is 1.13 bits per heavy atom. The van der Waals surface area contributed by atoms with Gasteiger partial charge in [-0.05, 0) is 12.1 Å². The summed E-state index contributed by atoms with van der Waals surface area (Å²) in [5.41, 5.74) is -1.12. The largest absolute Gasteiger partial charge is 0.354 e. The molecule has 0 bridgehead atoms. The van der Waals surface area contributed by atoms with Gasteiger partial charge in [-0.25, -0.2) is 9.18 Å². The summed E-state index contributed by atoms with van der Waals surface area (Å²) in [6.45, 7) is 3.25. The number of rotatable bonds is 5. The summed E-state index contributed by atoms with van der Waals surface area (Å²) in [6, 6.07) is 7.74. The molecule has 0 spiro atoms. The Kier molecular flexibility index (Phi) is 6.32. The summed E-state index contributed by atoms with van der Waals surface area (Å²) in [7, 11) is 2.89. The van der Waals surface area contributed by atoms with Crippen LogP contribution in [0.3, 0.4) is 0 Å². The molecule has 1 amide bonds. The summed E-state index contributed by atoms with van der Waals surface area (Å²) in [4.78, 5) is 40.6. The first-order chi connectivity index (χ1) is 14.3. The molecule has 1 aromatic carbocycles. The fraction of sp³-hybridized carbons (Fsp3) is 0.400. The number of carbonyl (C=O) groups is 1. The lowest BCUT2D eigenvalue weighted by molar-refractivity contribution is 0.0943. The first-order valence-electron chi connectivity index (χ1n) is 9.55. The van der Waals surface area contributed by atoms with Crippen molar-refractivity contribution in [2.45, 2.75) is 0 Å². The van der Waals surface area contributed by atoms with E-state index in [-0.39, 0.29) is 11.1 Å². The molecule has 10 heteroatoms. The van der Waals surface area contributed by atoms with Crippen molar-refractivity contribution in [3.63, 3.8) is 0 Å². The van der Waals surface area contributed by atoms with Gasteiger partial charge >= 0.3 is 5.69 Å². The zero-order chi connectivity index (χ0) is 21.8. The van der Waals surface area contributed by atoms with Gasteiger partial charge in [0.15, 0.2) is 5.56 Å². The van der Waals surface area contributed by atoms with Crippen LogP contribution in [-0.2, 0) is 14.1 Å². The van der Waals surface area contributed by atoms with Gasteiger partial charge in [0.2, 0.25) is 0 Å². The lowest BCUT2D eigenvalue weighted by Gasteiger charge is -2.36. The number of hydrogen-bond donors (Lipinski definition) is 1. The summed E-state index contributed by atoms with van der Waals surface area (Å²) >= 11 is 0. The van der Waals surface area contributed by atoms with Crippen LogP contribution in [0.1, 0.15) is 15.9 Å². The molecular weight excluding hydrogens is 391 g/mol. The van der Waals surface area contributed by atoms with Crippen LogP contribution >= 0.6 is 0 Å². The standard InChI is InChI=1S/C20H23FN6O3/c1-24-18(15(13-22)19(29)25(2)20(24)30)27-11-9-26(10-12-27)8-7-23-17(28)14-5-3-4-6-16(14)21/h3-6H,7-12H2,1-2H3,(H,23,28). The van der Waals surface area contributed by atoms with Crippen molar-refractivity contribution in [2.24, 2.45) is 14.1 Å². The van der Waals surface area contributed by atoms with E-state index >= 15 is 0 Å². The zero-order valence-corrected chi connectivity index (χ0v) is 16.9. The van der Waals surface area contributed by atoms with E-state index in [0.717, 1.165) is 4.57 Å². The molecule has 0 saturated carbocycles. The highest BCUT2D eigenvalue weighted by molar-refractivity contribution is 5.94. The molecule has 0 atom stereocenters. The number of amides is 1. The van der Waals surface area contributed by atoms with Crippen LogP contribution in [0, 0.1) is 17.1 Å². The molecule has 9 nitrogen and oxygen atoms in total. The van der Waals surface area contributed by atoms with Gasteiger partial charge < -0.3 is 10.2 Å². The van der Waals surface area contributed by atoms with Crippen LogP contribution in [0.25, 0.3) is 0 Å². The number of nitrogens with one attached hydrogen (secondary N) is 1. The topological polar surface area (TPSA) is 103 Å². The highest BCUT2D eigenvalue weighted by atomic mass is 19.1. The Morgan fingerprint density at radius 2 is 1.80 bits per heavy atom. The van der Waals surface area contributed by atoms with E-state index < -0.39 is 23.0 Å². The van der Waals surface area contributed by atoms with E-state index in [2.05, 4.69) is 10.2 Å². The number of piperazine rings is 1. The molecule has 1 aliphatic heterocycles. The van der Waals surface area contributed by atoms with E-state index in [4.69, 9.17) is 0 Å². The number of hydrogen-bond acceptors (Lipinski definition) is 6. The second-order valence-corrected chi connectivity index (χ2v) is 7.08. The summed E-state index contributed by atoms with van der Waals surface area (Å²) in [5, 5.41) is 12.1. The maximum Gasteiger partial charge on any atom is 0.332 e. The number of nitriles is 1. The van der Waals surface area contributed by atoms with E-state index in [1.54, 1.807) is 13.1 Å². The zero-order valence-electron chi connectivity index (χ0n) is 16.9. The van der Waals surface area contributed by atoms with Crippen molar-refractivity contribution in [1.29, 1.82) is 5.26 Å². The van der Waals surface area contributed by atoms with Crippen LogP contribution in [-0.4, -0.2) is 59.2 Å². The van der Waals surface area contributed by atoms with E-state index in [0.29, 0.717) is 45.1 Å². The van der Waals surface area contributed by atoms with Gasteiger partial charge in [0, 0.05) is 53.4 Å². The molecule has 1 aromatic heterocycles. The monoisotopic (exact) mass is 414 g/mol. The quantitative estimate of drug-likeness (QED) is 0.717. The van der Waals surface area contributed by atoms with Crippen molar-refractivity contribution in [1.82, 2.24) is 19.4 Å². The Hall–Kier alpha value is -3.45. The summed E-state index contributed by atoms with van der Waals surface area (Å²) < 4.78 is 15.9. The van der Waals surface area contributed by atoms with Gasteiger partial charge in [-0.2, -0.15) is 5.26 Å². The van der Waals surface area contributed by atoms with Crippen LogP contribution in [0.5, 0.6) is 0 Å². The minimum Gasteiger partial charge on any atom is -0.354 e. The third kappa shape index (κ3) is 4.11. The lowest BCUT2D eigenvalue weighted by Crippen LogP contribution is -2.51. The SMILES string of the molecule is Cn1c(N2CCN(CCNC(=O)c3ccccc3F)CC2)c(C#N)c(=O)n(C)c1=O. The molecule has 0 radical (unpaired) electrons. The highest BCUT2D eigenvalue weighted by Gasteiger charge is 2.24. The maximum atomic E-state index is 13.7. The third-order valence-corrected chi connectivity index (χ3v) is 5.25. The average Bonchev–Trinajstić information content (AvgIpc) is 2.75. The predicted molar refractivity (Wildman–Crippen MR) is 109 cm³/mol. The number of aromatic nitrogens is 2. The molecule has 1 aliphatic rings. The second kappa shape index (κ2) is 8.92. The highest BCUT2D eigenvalue weighted by Crippen LogP contribution is 2.16. The van der Waals surface area contributed by atoms with Crippen molar-refractivity contribution in [3.05, 3.63) is 62.0 Å². The summed E-state index contributed by atoms with van der Waals surface area (Å²) in [6.07, 6.45) is 0. The fourth-order valence-electron chi connectivity index (χ4n) is 3.55. The molecular formula is C20H23FN6O3. The number of nitrogens with zero attached hydrogens (tertiary/aromatic N) is 5. The average molecular weight is 414 g/mol. The first-order valence-corrected chi connectivity index (χ1v) is 9.55. The minimum atomic E-state index is -0.603. The van der Waals surface area contributed by atoms with Crippen molar-refractivity contribution in [2.75, 3.05) is 44.2 Å². The second-order valence-electron chi connectivity index (χ2n) is 7.08. The van der Waals surface area contributed by atoms with E-state index in [1.807, 2.05) is 11.0 Å². The van der Waals surface area contributed by atoms with Gasteiger partial charge in [0.25, 0.3) is 11.5 Å². The molecule has 1 fully saturated rings. The number of benzene rings is 1. The predicted octanol–water partition coefficient (Wildman–Crippen LogP) is -0.353. The number of carbonyl (C=O) groups excluding carboxylic acids is 1. The first kappa shape index (κ1) is 21.3. The van der Waals surface area contributed by atoms with Crippen LogP contribution in [0.4, 0.5) is 10.2 Å². The Morgan fingerprint density at radius 3 is 2.43 bits per heavy atom. The van der Waals surface area contributed by atoms with Gasteiger partial charge in [-0.1, -0.05) is 12.1 Å². The van der Waals surface area contributed by atoms with Crippen molar-refractivity contribution in [3.8, 4) is 6.07 Å². The third-order valence-electron chi connectivity index (χ3n) is 5.25. The molecule has 30 heavy (non-hydrogen) atoms. The van der Waals surface area contributed by atoms with E-state index in [9.17, 15) is 24.0 Å². The molecule has 1 saturated heterocycles. The molecule has 158 valence electrons. The fourth-order valence-corrected chi connectivity index (χ4v) is 3.55.